The average molecular weight is 230 g/mol. The number of aromatic nitrogens is 2. The van der Waals surface area contributed by atoms with Crippen molar-refractivity contribution in [2.75, 3.05) is 6.61 Å². The summed E-state index contributed by atoms with van der Waals surface area (Å²) in [6.07, 6.45) is 6.15. The van der Waals surface area contributed by atoms with E-state index in [0.29, 0.717) is 11.8 Å². The van der Waals surface area contributed by atoms with Gasteiger partial charge in [0.25, 0.3) is 0 Å². The minimum atomic E-state index is 0.291. The third kappa shape index (κ3) is 1.96. The van der Waals surface area contributed by atoms with Crippen LogP contribution < -0.4 is 0 Å². The van der Waals surface area contributed by atoms with Gasteiger partial charge in [-0.2, -0.15) is 0 Å². The molecule has 0 N–H and O–H groups in total. The van der Waals surface area contributed by atoms with Crippen molar-refractivity contribution in [1.82, 2.24) is 9.38 Å². The first-order valence-corrected chi connectivity index (χ1v) is 5.90. The average Bonchev–Trinajstić information content (AvgIpc) is 2.97. The Morgan fingerprint density at radius 2 is 2.47 bits per heavy atom. The summed E-state index contributed by atoms with van der Waals surface area (Å²) in [4.78, 5) is 15.4. The third-order valence-corrected chi connectivity index (χ3v) is 3.16. The second kappa shape index (κ2) is 4.30. The van der Waals surface area contributed by atoms with E-state index in [1.165, 1.54) is 0 Å². The molecule has 0 saturated carbocycles. The molecule has 0 aromatic carbocycles. The number of carbonyl (C=O) groups excluding carboxylic acids is 1. The van der Waals surface area contributed by atoms with Gasteiger partial charge in [-0.1, -0.05) is 6.07 Å². The maximum Gasteiger partial charge on any atom is 0.166 e. The van der Waals surface area contributed by atoms with Crippen molar-refractivity contribution in [3.05, 3.63) is 35.8 Å². The van der Waals surface area contributed by atoms with E-state index in [1.54, 1.807) is 6.07 Å². The quantitative estimate of drug-likeness (QED) is 0.756. The van der Waals surface area contributed by atoms with Crippen molar-refractivity contribution in [3.8, 4) is 0 Å². The van der Waals surface area contributed by atoms with Crippen LogP contribution >= 0.6 is 0 Å². The molecule has 0 bridgehead atoms. The highest BCUT2D eigenvalue weighted by atomic mass is 16.5. The Bertz CT molecular complexity index is 541. The maximum absolute atomic E-state index is 10.9. The molecule has 1 saturated heterocycles. The Labute approximate surface area is 99.2 Å². The Hall–Kier alpha value is -1.68. The lowest BCUT2D eigenvalue weighted by Gasteiger charge is -2.05. The predicted molar refractivity (Wildman–Crippen MR) is 63.3 cm³/mol. The molecule has 1 aliphatic rings. The normalized spacial score (nSPS) is 19.9. The van der Waals surface area contributed by atoms with Crippen LogP contribution in [-0.4, -0.2) is 28.4 Å². The summed E-state index contributed by atoms with van der Waals surface area (Å²) in [6.45, 7) is 0.859. The van der Waals surface area contributed by atoms with Crippen LogP contribution in [0.4, 0.5) is 0 Å². The Morgan fingerprint density at radius 1 is 1.53 bits per heavy atom. The summed E-state index contributed by atoms with van der Waals surface area (Å²) in [5, 5.41) is 0. The molecule has 17 heavy (non-hydrogen) atoms. The summed E-state index contributed by atoms with van der Waals surface area (Å²) in [5.74, 6) is 0. The number of ether oxygens (including phenoxy) is 1. The molecule has 0 spiro atoms. The highest BCUT2D eigenvalue weighted by Crippen LogP contribution is 2.17. The molecule has 0 radical (unpaired) electrons. The van der Waals surface area contributed by atoms with Crippen LogP contribution in [0.3, 0.4) is 0 Å². The fraction of sp³-hybridized carbons (Fsp3) is 0.385. The number of imidazole rings is 1. The summed E-state index contributed by atoms with van der Waals surface area (Å²) >= 11 is 0. The zero-order valence-electron chi connectivity index (χ0n) is 9.50. The SMILES string of the molecule is O=Cc1cccc2nc(CC3CCCO3)cn12. The van der Waals surface area contributed by atoms with Crippen molar-refractivity contribution >= 4 is 11.9 Å². The summed E-state index contributed by atoms with van der Waals surface area (Å²) in [5.41, 5.74) is 2.45. The first-order valence-electron chi connectivity index (χ1n) is 5.90. The number of hydrogen-bond donors (Lipinski definition) is 0. The van der Waals surface area contributed by atoms with Gasteiger partial charge >= 0.3 is 0 Å². The van der Waals surface area contributed by atoms with Crippen molar-refractivity contribution in [1.29, 1.82) is 0 Å². The zero-order valence-corrected chi connectivity index (χ0v) is 9.50. The molecule has 1 unspecified atom stereocenters. The van der Waals surface area contributed by atoms with Crippen LogP contribution in [0.15, 0.2) is 24.4 Å². The molecule has 4 nitrogen and oxygen atoms in total. The molecule has 1 fully saturated rings. The van der Waals surface area contributed by atoms with Gasteiger partial charge in [0.05, 0.1) is 17.5 Å². The molecular weight excluding hydrogens is 216 g/mol. The minimum absolute atomic E-state index is 0.291. The van der Waals surface area contributed by atoms with Gasteiger partial charge in [-0.3, -0.25) is 9.20 Å². The zero-order chi connectivity index (χ0) is 11.7. The van der Waals surface area contributed by atoms with Crippen molar-refractivity contribution in [3.63, 3.8) is 0 Å². The van der Waals surface area contributed by atoms with Gasteiger partial charge in [0.1, 0.15) is 5.65 Å². The molecule has 4 heteroatoms. The van der Waals surface area contributed by atoms with Crippen molar-refractivity contribution in [2.45, 2.75) is 25.4 Å². The van der Waals surface area contributed by atoms with Gasteiger partial charge in [0.2, 0.25) is 0 Å². The standard InChI is InChI=1S/C13H14N2O2/c16-9-11-3-1-5-13-14-10(8-15(11)13)7-12-4-2-6-17-12/h1,3,5,8-9,12H,2,4,6-7H2. The van der Waals surface area contributed by atoms with E-state index >= 15 is 0 Å². The number of fused-ring (bicyclic) bond motifs is 1. The number of pyridine rings is 1. The topological polar surface area (TPSA) is 43.6 Å². The van der Waals surface area contributed by atoms with E-state index in [2.05, 4.69) is 4.98 Å². The summed E-state index contributed by atoms with van der Waals surface area (Å²) in [6, 6.07) is 5.55. The molecule has 2 aromatic rings. The predicted octanol–water partition coefficient (Wildman–Crippen LogP) is 1.87. The highest BCUT2D eigenvalue weighted by molar-refractivity contribution is 5.73. The second-order valence-corrected chi connectivity index (χ2v) is 4.37. The smallest absolute Gasteiger partial charge is 0.166 e. The highest BCUT2D eigenvalue weighted by Gasteiger charge is 2.17. The number of nitrogens with zero attached hydrogens (tertiary/aromatic N) is 2. The van der Waals surface area contributed by atoms with Gasteiger partial charge in [-0.15, -0.1) is 0 Å². The van der Waals surface area contributed by atoms with E-state index in [1.807, 2.05) is 22.7 Å². The van der Waals surface area contributed by atoms with Crippen molar-refractivity contribution < 1.29 is 9.53 Å². The minimum Gasteiger partial charge on any atom is -0.378 e. The van der Waals surface area contributed by atoms with E-state index in [-0.39, 0.29) is 0 Å². The maximum atomic E-state index is 10.9. The van der Waals surface area contributed by atoms with Gasteiger partial charge in [-0.25, -0.2) is 4.98 Å². The molecular formula is C13H14N2O2. The van der Waals surface area contributed by atoms with Gasteiger partial charge in [-0.05, 0) is 25.0 Å². The largest absolute Gasteiger partial charge is 0.378 e. The third-order valence-electron chi connectivity index (χ3n) is 3.16. The van der Waals surface area contributed by atoms with Crippen LogP contribution in [0.1, 0.15) is 29.0 Å². The molecule has 88 valence electrons. The summed E-state index contributed by atoms with van der Waals surface area (Å²) in [7, 11) is 0. The number of carbonyl (C=O) groups is 1. The molecule has 0 aliphatic carbocycles. The van der Waals surface area contributed by atoms with E-state index < -0.39 is 0 Å². The van der Waals surface area contributed by atoms with Gasteiger partial charge < -0.3 is 4.74 Å². The lowest BCUT2D eigenvalue weighted by atomic mass is 10.1. The van der Waals surface area contributed by atoms with Gasteiger partial charge in [0.15, 0.2) is 6.29 Å². The number of aldehydes is 1. The molecule has 2 aromatic heterocycles. The molecule has 1 aliphatic heterocycles. The molecule has 0 amide bonds. The van der Waals surface area contributed by atoms with E-state index in [9.17, 15) is 4.79 Å². The van der Waals surface area contributed by atoms with E-state index in [4.69, 9.17) is 4.74 Å². The van der Waals surface area contributed by atoms with Crippen LogP contribution in [0.2, 0.25) is 0 Å². The summed E-state index contributed by atoms with van der Waals surface area (Å²) < 4.78 is 7.42. The number of rotatable bonds is 3. The van der Waals surface area contributed by atoms with Crippen LogP contribution in [0.25, 0.3) is 5.65 Å². The Kier molecular flexibility index (Phi) is 2.65. The van der Waals surface area contributed by atoms with Crippen molar-refractivity contribution in [2.24, 2.45) is 0 Å². The number of hydrogen-bond acceptors (Lipinski definition) is 3. The monoisotopic (exact) mass is 230 g/mol. The van der Waals surface area contributed by atoms with Crippen LogP contribution in [0, 0.1) is 0 Å². The molecule has 3 heterocycles. The lowest BCUT2D eigenvalue weighted by molar-refractivity contribution is 0.111. The van der Waals surface area contributed by atoms with Gasteiger partial charge in [0, 0.05) is 19.2 Å². The van der Waals surface area contributed by atoms with E-state index in [0.717, 1.165) is 43.5 Å². The fourth-order valence-corrected chi connectivity index (χ4v) is 2.32. The fourth-order valence-electron chi connectivity index (χ4n) is 2.32. The second-order valence-electron chi connectivity index (χ2n) is 4.37. The molecule has 1 atom stereocenters. The Morgan fingerprint density at radius 3 is 3.24 bits per heavy atom. The Balaban J connectivity index is 1.92. The first kappa shape index (κ1) is 10.5. The van der Waals surface area contributed by atoms with Crippen LogP contribution in [-0.2, 0) is 11.2 Å². The van der Waals surface area contributed by atoms with Crippen LogP contribution in [0.5, 0.6) is 0 Å². The molecule has 3 rings (SSSR count). The lowest BCUT2D eigenvalue weighted by Crippen LogP contribution is -2.08. The first-order chi connectivity index (χ1) is 8.36.